The van der Waals surface area contributed by atoms with Crippen molar-refractivity contribution in [3.63, 3.8) is 0 Å². The van der Waals surface area contributed by atoms with E-state index in [-0.39, 0.29) is 18.2 Å². The summed E-state index contributed by atoms with van der Waals surface area (Å²) in [6, 6.07) is 5.13. The van der Waals surface area contributed by atoms with Crippen LogP contribution in [0.2, 0.25) is 0 Å². The van der Waals surface area contributed by atoms with E-state index < -0.39 is 5.97 Å². The molecule has 2 aromatic heterocycles. The summed E-state index contributed by atoms with van der Waals surface area (Å²) in [5.74, 6) is 0.650. The van der Waals surface area contributed by atoms with Gasteiger partial charge in [-0.05, 0) is 18.2 Å². The van der Waals surface area contributed by atoms with Gasteiger partial charge in [0.1, 0.15) is 5.82 Å². The van der Waals surface area contributed by atoms with Crippen LogP contribution >= 0.6 is 0 Å². The Hall–Kier alpha value is -2.89. The molecule has 0 radical (unpaired) electrons. The van der Waals surface area contributed by atoms with E-state index in [1.807, 2.05) is 24.6 Å². The van der Waals surface area contributed by atoms with Crippen molar-refractivity contribution in [1.82, 2.24) is 14.5 Å². The zero-order valence-corrected chi connectivity index (χ0v) is 13.9. The molecule has 0 aliphatic heterocycles. The summed E-state index contributed by atoms with van der Waals surface area (Å²) in [7, 11) is 1.34. The Balaban J connectivity index is 1.95. The molecule has 124 valence electrons. The normalized spacial score (nSPS) is 11.2. The molecular formula is C18H19N3O3. The maximum Gasteiger partial charge on any atom is 0.337 e. The summed E-state index contributed by atoms with van der Waals surface area (Å²) in [5.41, 5.74) is 1.78. The van der Waals surface area contributed by atoms with Crippen LogP contribution in [-0.2, 0) is 11.3 Å². The molecule has 0 saturated carbocycles. The molecule has 3 rings (SSSR count). The number of Topliss-reactive ketones (excluding diaryl/α,β-unsaturated/α-hetero) is 1. The van der Waals surface area contributed by atoms with Crippen molar-refractivity contribution < 1.29 is 14.3 Å². The highest BCUT2D eigenvalue weighted by atomic mass is 16.5. The summed E-state index contributed by atoms with van der Waals surface area (Å²) >= 11 is 0. The third kappa shape index (κ3) is 2.82. The number of ketones is 1. The average molecular weight is 325 g/mol. The van der Waals surface area contributed by atoms with E-state index in [2.05, 4.69) is 9.97 Å². The quantitative estimate of drug-likeness (QED) is 0.577. The number of aromatic nitrogens is 3. The molecular weight excluding hydrogens is 306 g/mol. The maximum absolute atomic E-state index is 12.7. The molecule has 0 bridgehead atoms. The first-order chi connectivity index (χ1) is 11.5. The molecule has 0 aliphatic rings. The Labute approximate surface area is 139 Å². The summed E-state index contributed by atoms with van der Waals surface area (Å²) < 4.78 is 6.60. The molecule has 1 aromatic carbocycles. The Morgan fingerprint density at radius 1 is 1.33 bits per heavy atom. The van der Waals surface area contributed by atoms with Crippen LogP contribution < -0.4 is 0 Å². The first kappa shape index (κ1) is 16.0. The molecule has 0 atom stereocenters. The number of hydrogen-bond donors (Lipinski definition) is 1. The van der Waals surface area contributed by atoms with E-state index in [9.17, 15) is 9.59 Å². The number of hydrogen-bond acceptors (Lipinski definition) is 4. The molecule has 0 unspecified atom stereocenters. The number of fused-ring (bicyclic) bond motifs is 1. The van der Waals surface area contributed by atoms with Crippen LogP contribution in [0, 0.1) is 0 Å². The van der Waals surface area contributed by atoms with E-state index in [0.29, 0.717) is 16.5 Å². The van der Waals surface area contributed by atoms with Gasteiger partial charge in [-0.2, -0.15) is 0 Å². The lowest BCUT2D eigenvalue weighted by Crippen LogP contribution is -2.13. The predicted molar refractivity (Wildman–Crippen MR) is 90.3 cm³/mol. The van der Waals surface area contributed by atoms with Crippen molar-refractivity contribution in [3.8, 4) is 0 Å². The molecule has 6 heteroatoms. The number of nitrogens with zero attached hydrogens (tertiary/aromatic N) is 2. The predicted octanol–water partition coefficient (Wildman–Crippen LogP) is 3.16. The summed E-state index contributed by atoms with van der Waals surface area (Å²) in [6.45, 7) is 4.29. The highest BCUT2D eigenvalue weighted by molar-refractivity contribution is 6.09. The van der Waals surface area contributed by atoms with E-state index in [1.54, 1.807) is 30.6 Å². The van der Waals surface area contributed by atoms with Crippen molar-refractivity contribution in [2.24, 2.45) is 0 Å². The standard InChI is InChI=1S/C18H19N3O3/c1-11(2)17-19-6-7-21(17)10-16(22)14-9-20-15-5-4-12(8-13(14)15)18(23)24-3/h4-9,11,20H,10H2,1-3H3. The number of imidazole rings is 1. The lowest BCUT2D eigenvalue weighted by molar-refractivity contribution is 0.0600. The molecule has 1 N–H and O–H groups in total. The Morgan fingerprint density at radius 3 is 2.83 bits per heavy atom. The van der Waals surface area contributed by atoms with E-state index in [1.165, 1.54) is 7.11 Å². The monoisotopic (exact) mass is 325 g/mol. The highest BCUT2D eigenvalue weighted by Gasteiger charge is 2.17. The van der Waals surface area contributed by atoms with Gasteiger partial charge in [0.25, 0.3) is 0 Å². The maximum atomic E-state index is 12.7. The lowest BCUT2D eigenvalue weighted by Gasteiger charge is -2.09. The Kier molecular flexibility index (Phi) is 4.20. The van der Waals surface area contributed by atoms with Gasteiger partial charge >= 0.3 is 5.97 Å². The van der Waals surface area contributed by atoms with Crippen LogP contribution in [-0.4, -0.2) is 33.4 Å². The fourth-order valence-corrected chi connectivity index (χ4v) is 2.79. The second-order valence-corrected chi connectivity index (χ2v) is 5.95. The van der Waals surface area contributed by atoms with Crippen LogP contribution in [0.15, 0.2) is 36.8 Å². The van der Waals surface area contributed by atoms with Gasteiger partial charge in [-0.25, -0.2) is 9.78 Å². The first-order valence-corrected chi connectivity index (χ1v) is 7.75. The minimum atomic E-state index is -0.423. The van der Waals surface area contributed by atoms with Gasteiger partial charge in [-0.15, -0.1) is 0 Å². The van der Waals surface area contributed by atoms with Gasteiger partial charge in [0.05, 0.1) is 19.2 Å². The second kappa shape index (κ2) is 6.31. The fourth-order valence-electron chi connectivity index (χ4n) is 2.79. The number of ether oxygens (including phenoxy) is 1. The fraction of sp³-hybridized carbons (Fsp3) is 0.278. The topological polar surface area (TPSA) is 77.0 Å². The van der Waals surface area contributed by atoms with Gasteiger partial charge in [0.15, 0.2) is 5.78 Å². The lowest BCUT2D eigenvalue weighted by atomic mass is 10.1. The minimum absolute atomic E-state index is 0.0387. The summed E-state index contributed by atoms with van der Waals surface area (Å²) in [6.07, 6.45) is 5.19. The van der Waals surface area contributed by atoms with Crippen molar-refractivity contribution in [1.29, 1.82) is 0 Å². The number of rotatable bonds is 5. The second-order valence-electron chi connectivity index (χ2n) is 5.95. The van der Waals surface area contributed by atoms with Crippen LogP contribution in [0.5, 0.6) is 0 Å². The van der Waals surface area contributed by atoms with Crippen LogP contribution in [0.3, 0.4) is 0 Å². The van der Waals surface area contributed by atoms with Gasteiger partial charge in [-0.1, -0.05) is 13.8 Å². The van der Waals surface area contributed by atoms with Gasteiger partial charge in [-0.3, -0.25) is 4.79 Å². The number of H-pyrrole nitrogens is 1. The molecule has 2 heterocycles. The Bertz CT molecular complexity index is 905. The van der Waals surface area contributed by atoms with E-state index in [0.717, 1.165) is 11.3 Å². The third-order valence-corrected chi connectivity index (χ3v) is 3.98. The SMILES string of the molecule is COC(=O)c1ccc2[nH]cc(C(=O)Cn3ccnc3C(C)C)c2c1. The molecule has 0 aliphatic carbocycles. The van der Waals surface area contributed by atoms with Gasteiger partial charge in [0.2, 0.25) is 0 Å². The van der Waals surface area contributed by atoms with Crippen LogP contribution in [0.25, 0.3) is 10.9 Å². The highest BCUT2D eigenvalue weighted by Crippen LogP contribution is 2.22. The smallest absolute Gasteiger partial charge is 0.337 e. The zero-order valence-electron chi connectivity index (χ0n) is 13.9. The Morgan fingerprint density at radius 2 is 2.12 bits per heavy atom. The van der Waals surface area contributed by atoms with E-state index >= 15 is 0 Å². The number of benzene rings is 1. The largest absolute Gasteiger partial charge is 0.465 e. The molecule has 0 saturated heterocycles. The van der Waals surface area contributed by atoms with Crippen LogP contribution in [0.4, 0.5) is 0 Å². The summed E-state index contributed by atoms with van der Waals surface area (Å²) in [4.78, 5) is 31.8. The number of nitrogens with one attached hydrogen (secondary N) is 1. The summed E-state index contributed by atoms with van der Waals surface area (Å²) in [5, 5.41) is 0.717. The number of carbonyl (C=O) groups is 2. The van der Waals surface area contributed by atoms with Crippen molar-refractivity contribution >= 4 is 22.7 Å². The number of esters is 1. The molecule has 0 spiro atoms. The first-order valence-electron chi connectivity index (χ1n) is 7.75. The zero-order chi connectivity index (χ0) is 17.3. The van der Waals surface area contributed by atoms with Gasteiger partial charge < -0.3 is 14.3 Å². The molecule has 24 heavy (non-hydrogen) atoms. The van der Waals surface area contributed by atoms with Crippen molar-refractivity contribution in [3.05, 3.63) is 53.7 Å². The average Bonchev–Trinajstić information content (AvgIpc) is 3.19. The molecule has 0 fully saturated rings. The van der Waals surface area contributed by atoms with Crippen LogP contribution in [0.1, 0.15) is 46.3 Å². The van der Waals surface area contributed by atoms with Crippen molar-refractivity contribution in [2.45, 2.75) is 26.3 Å². The number of methoxy groups -OCH3 is 1. The number of aromatic amines is 1. The van der Waals surface area contributed by atoms with Gasteiger partial charge in [0, 0.05) is 41.0 Å². The third-order valence-electron chi connectivity index (χ3n) is 3.98. The molecule has 6 nitrogen and oxygen atoms in total. The van der Waals surface area contributed by atoms with Crippen molar-refractivity contribution in [2.75, 3.05) is 7.11 Å². The number of carbonyl (C=O) groups excluding carboxylic acids is 2. The molecule has 0 amide bonds. The molecule has 3 aromatic rings. The minimum Gasteiger partial charge on any atom is -0.465 e. The van der Waals surface area contributed by atoms with E-state index in [4.69, 9.17) is 4.74 Å².